The van der Waals surface area contributed by atoms with Crippen LogP contribution in [0.5, 0.6) is 17.4 Å². The zero-order chi connectivity index (χ0) is 22.7. The summed E-state index contributed by atoms with van der Waals surface area (Å²) < 4.78 is 11.1. The van der Waals surface area contributed by atoms with E-state index in [0.29, 0.717) is 24.6 Å². The fourth-order valence-corrected chi connectivity index (χ4v) is 4.39. The number of benzene rings is 2. The molecule has 1 atom stereocenters. The highest BCUT2D eigenvalue weighted by atomic mass is 32.1. The van der Waals surface area contributed by atoms with Crippen LogP contribution in [0.15, 0.2) is 53.3 Å². The maximum absolute atomic E-state index is 12.9. The largest absolute Gasteiger partial charge is 0.497 e. The molecule has 4 rings (SSSR count). The molecule has 1 aliphatic heterocycles. The van der Waals surface area contributed by atoms with Crippen molar-refractivity contribution >= 4 is 17.9 Å². The number of aromatic amines is 2. The summed E-state index contributed by atoms with van der Waals surface area (Å²) in [6.45, 7) is 2.89. The Morgan fingerprint density at radius 2 is 1.72 bits per heavy atom. The Kier molecular flexibility index (Phi) is 6.48. The molecule has 2 heterocycles. The third-order valence-corrected chi connectivity index (χ3v) is 5.97. The smallest absolute Gasteiger partial charge is 0.260 e. The summed E-state index contributed by atoms with van der Waals surface area (Å²) in [5, 5.41) is 10.7. The van der Waals surface area contributed by atoms with Crippen LogP contribution in [0, 0.1) is 4.77 Å². The number of rotatable bonds is 6. The third-order valence-electron chi connectivity index (χ3n) is 5.76. The summed E-state index contributed by atoms with van der Waals surface area (Å²) in [6, 6.07) is 15.1. The lowest BCUT2D eigenvalue weighted by Gasteiger charge is -2.40. The molecule has 3 N–H and O–H groups in total. The maximum atomic E-state index is 12.9. The monoisotopic (exact) mass is 454 g/mol. The predicted octanol–water partition coefficient (Wildman–Crippen LogP) is 3.07. The number of hydrogen-bond acceptors (Lipinski definition) is 7. The van der Waals surface area contributed by atoms with Crippen LogP contribution >= 0.6 is 12.2 Å². The molecule has 2 aromatic carbocycles. The van der Waals surface area contributed by atoms with Crippen molar-refractivity contribution in [3.63, 3.8) is 0 Å². The minimum Gasteiger partial charge on any atom is -0.497 e. The van der Waals surface area contributed by atoms with E-state index in [4.69, 9.17) is 21.7 Å². The summed E-state index contributed by atoms with van der Waals surface area (Å²) in [6.07, 6.45) is 0. The topological polar surface area (TPSA) is 93.8 Å². The minimum absolute atomic E-state index is 0.0708. The van der Waals surface area contributed by atoms with Gasteiger partial charge in [-0.2, -0.15) is 0 Å². The molecule has 32 heavy (non-hydrogen) atoms. The molecular weight excluding hydrogens is 428 g/mol. The van der Waals surface area contributed by atoms with E-state index in [1.807, 2.05) is 24.3 Å². The second-order valence-electron chi connectivity index (χ2n) is 7.54. The van der Waals surface area contributed by atoms with Crippen molar-refractivity contribution in [2.75, 3.05) is 45.3 Å². The van der Waals surface area contributed by atoms with Gasteiger partial charge in [0, 0.05) is 37.4 Å². The Morgan fingerprint density at radius 1 is 1.00 bits per heavy atom. The molecule has 168 valence electrons. The zero-order valence-electron chi connectivity index (χ0n) is 18.0. The fraction of sp³-hybridized carbons (Fsp3) is 0.304. The average Bonchev–Trinajstić information content (AvgIpc) is 2.81. The maximum Gasteiger partial charge on any atom is 0.260 e. The number of aromatic hydroxyl groups is 1. The molecule has 1 aromatic heterocycles. The Bertz CT molecular complexity index is 1190. The van der Waals surface area contributed by atoms with Gasteiger partial charge in [-0.25, -0.2) is 0 Å². The number of anilines is 1. The molecule has 0 bridgehead atoms. The molecule has 3 aromatic rings. The lowest BCUT2D eigenvalue weighted by Crippen LogP contribution is -2.48. The quantitative estimate of drug-likeness (QED) is 0.493. The van der Waals surface area contributed by atoms with Crippen LogP contribution in [0.1, 0.15) is 17.2 Å². The molecule has 0 aliphatic carbocycles. The number of methoxy groups -OCH3 is 2. The van der Waals surface area contributed by atoms with E-state index in [2.05, 4.69) is 31.9 Å². The van der Waals surface area contributed by atoms with Gasteiger partial charge in [-0.1, -0.05) is 18.2 Å². The second kappa shape index (κ2) is 9.46. The molecule has 0 amide bonds. The standard InChI is InChI=1S/C23H26N4O4S/c1-30-16-8-9-18(31-2)17(14-16)20(19-21(28)24-23(32)25-22(19)29)27-12-10-26(11-13-27)15-6-4-3-5-7-15/h3-9,14,20H,10-13H2,1-2H3,(H3,24,25,28,29,32)/t20-/m1/s1. The highest BCUT2D eigenvalue weighted by Gasteiger charge is 2.33. The predicted molar refractivity (Wildman–Crippen MR) is 126 cm³/mol. The van der Waals surface area contributed by atoms with Gasteiger partial charge in [-0.15, -0.1) is 0 Å². The summed E-state index contributed by atoms with van der Waals surface area (Å²) in [4.78, 5) is 22.7. The lowest BCUT2D eigenvalue weighted by atomic mass is 9.96. The molecule has 0 unspecified atom stereocenters. The van der Waals surface area contributed by atoms with E-state index >= 15 is 0 Å². The van der Waals surface area contributed by atoms with Gasteiger partial charge in [-0.3, -0.25) is 14.7 Å². The molecule has 9 heteroatoms. The Balaban J connectivity index is 1.77. The second-order valence-corrected chi connectivity index (χ2v) is 7.95. The summed E-state index contributed by atoms with van der Waals surface area (Å²) in [5.41, 5.74) is 1.64. The zero-order valence-corrected chi connectivity index (χ0v) is 18.8. The molecule has 1 aliphatic rings. The van der Waals surface area contributed by atoms with E-state index in [9.17, 15) is 9.90 Å². The van der Waals surface area contributed by atoms with Gasteiger partial charge in [0.1, 0.15) is 11.5 Å². The number of piperazine rings is 1. The molecular formula is C23H26N4O4S. The van der Waals surface area contributed by atoms with Gasteiger partial charge in [0.2, 0.25) is 5.88 Å². The third kappa shape index (κ3) is 4.35. The average molecular weight is 455 g/mol. The number of H-pyrrole nitrogens is 2. The Hall–Kier alpha value is -3.30. The number of ether oxygens (including phenoxy) is 2. The van der Waals surface area contributed by atoms with Gasteiger partial charge in [0.05, 0.1) is 25.8 Å². The SMILES string of the molecule is COc1ccc(OC)c([C@H](c2c(O)[nH]c(=S)[nH]c2=O)N2CCN(c3ccccc3)CC2)c1. The lowest BCUT2D eigenvalue weighted by molar-refractivity contribution is 0.203. The first kappa shape index (κ1) is 21.9. The first-order chi connectivity index (χ1) is 15.5. The van der Waals surface area contributed by atoms with Crippen LogP contribution in [0.4, 0.5) is 5.69 Å². The highest BCUT2D eigenvalue weighted by Crippen LogP contribution is 2.38. The van der Waals surface area contributed by atoms with E-state index in [0.717, 1.165) is 24.3 Å². The molecule has 0 radical (unpaired) electrons. The number of hydrogen-bond donors (Lipinski definition) is 3. The molecule has 1 saturated heterocycles. The van der Waals surface area contributed by atoms with E-state index < -0.39 is 11.6 Å². The van der Waals surface area contributed by atoms with Crippen molar-refractivity contribution in [2.24, 2.45) is 0 Å². The summed E-state index contributed by atoms with van der Waals surface area (Å²) in [5.74, 6) is 0.982. The van der Waals surface area contributed by atoms with Crippen LogP contribution in [-0.2, 0) is 0 Å². The first-order valence-electron chi connectivity index (χ1n) is 10.3. The van der Waals surface area contributed by atoms with E-state index in [-0.39, 0.29) is 16.2 Å². The van der Waals surface area contributed by atoms with Crippen LogP contribution < -0.4 is 19.9 Å². The normalized spacial score (nSPS) is 15.4. The molecule has 0 saturated carbocycles. The van der Waals surface area contributed by atoms with Crippen molar-refractivity contribution in [1.82, 2.24) is 14.9 Å². The van der Waals surface area contributed by atoms with Gasteiger partial charge in [0.25, 0.3) is 5.56 Å². The number of nitrogens with one attached hydrogen (secondary N) is 2. The number of aromatic nitrogens is 2. The van der Waals surface area contributed by atoms with Crippen molar-refractivity contribution in [3.8, 4) is 17.4 Å². The first-order valence-corrected chi connectivity index (χ1v) is 10.7. The summed E-state index contributed by atoms with van der Waals surface area (Å²) >= 11 is 5.03. The molecule has 0 spiro atoms. The van der Waals surface area contributed by atoms with Crippen molar-refractivity contribution in [1.29, 1.82) is 0 Å². The number of nitrogens with zero attached hydrogens (tertiary/aromatic N) is 2. The number of para-hydroxylation sites is 1. The van der Waals surface area contributed by atoms with Crippen LogP contribution in [0.3, 0.4) is 0 Å². The van der Waals surface area contributed by atoms with Gasteiger partial charge in [-0.05, 0) is 42.5 Å². The van der Waals surface area contributed by atoms with Crippen molar-refractivity contribution < 1.29 is 14.6 Å². The van der Waals surface area contributed by atoms with Gasteiger partial charge < -0.3 is 24.5 Å². The van der Waals surface area contributed by atoms with Crippen LogP contribution in [-0.4, -0.2) is 60.4 Å². The van der Waals surface area contributed by atoms with Crippen LogP contribution in [0.2, 0.25) is 0 Å². The van der Waals surface area contributed by atoms with Gasteiger partial charge in [0.15, 0.2) is 4.77 Å². The van der Waals surface area contributed by atoms with Crippen LogP contribution in [0.25, 0.3) is 0 Å². The fourth-order valence-electron chi connectivity index (χ4n) is 4.20. The van der Waals surface area contributed by atoms with E-state index in [1.165, 1.54) is 0 Å². The van der Waals surface area contributed by atoms with Gasteiger partial charge >= 0.3 is 0 Å². The summed E-state index contributed by atoms with van der Waals surface area (Å²) in [7, 11) is 3.17. The molecule has 1 fully saturated rings. The molecule has 8 nitrogen and oxygen atoms in total. The Morgan fingerprint density at radius 3 is 2.34 bits per heavy atom. The Labute approximate surface area is 191 Å². The van der Waals surface area contributed by atoms with E-state index in [1.54, 1.807) is 26.4 Å². The van der Waals surface area contributed by atoms with Crippen molar-refractivity contribution in [3.05, 3.63) is 74.8 Å². The minimum atomic E-state index is -0.562. The highest BCUT2D eigenvalue weighted by molar-refractivity contribution is 7.71. The van der Waals surface area contributed by atoms with Crippen molar-refractivity contribution in [2.45, 2.75) is 6.04 Å².